The molecule has 25 heavy (non-hydrogen) atoms. The third kappa shape index (κ3) is 3.71. The van der Waals surface area contributed by atoms with E-state index in [1.807, 2.05) is 17.4 Å². The van der Waals surface area contributed by atoms with Crippen molar-refractivity contribution in [2.45, 2.75) is 43.3 Å². The van der Waals surface area contributed by atoms with Crippen LogP contribution in [0.1, 0.15) is 47.8 Å². The predicted molar refractivity (Wildman–Crippen MR) is 96.6 cm³/mol. The minimum atomic E-state index is 0.0256. The Morgan fingerprint density at radius 3 is 2.76 bits per heavy atom. The highest BCUT2D eigenvalue weighted by molar-refractivity contribution is 7.98. The van der Waals surface area contributed by atoms with Gasteiger partial charge in [-0.15, -0.1) is 0 Å². The molecular formula is C18H23N5OS. The Morgan fingerprint density at radius 2 is 2.04 bits per heavy atom. The van der Waals surface area contributed by atoms with Crippen LogP contribution < -0.4 is 0 Å². The van der Waals surface area contributed by atoms with Crippen LogP contribution in [0, 0.1) is 5.92 Å². The second-order valence-electron chi connectivity index (χ2n) is 6.93. The summed E-state index contributed by atoms with van der Waals surface area (Å²) in [7, 11) is 0. The van der Waals surface area contributed by atoms with E-state index in [-0.39, 0.29) is 5.91 Å². The van der Waals surface area contributed by atoms with Crippen LogP contribution in [0.5, 0.6) is 0 Å². The Hall–Kier alpha value is -1.89. The molecule has 2 aliphatic rings. The van der Waals surface area contributed by atoms with Gasteiger partial charge in [-0.05, 0) is 37.9 Å². The Bertz CT molecular complexity index is 740. The standard InChI is InChI=1S/C18H23N5OS/c1-25-18-20-9-15(10-21-18)17(24)23-7-2-3-14(12-23)16-19-6-8-22(16)11-13-4-5-13/h6,8-10,13-14H,2-5,7,11-12H2,1H3/t14-/m0/s1. The van der Waals surface area contributed by atoms with E-state index in [1.165, 1.54) is 24.6 Å². The van der Waals surface area contributed by atoms with Crippen molar-refractivity contribution in [3.05, 3.63) is 36.2 Å². The maximum Gasteiger partial charge on any atom is 0.257 e. The van der Waals surface area contributed by atoms with E-state index in [4.69, 9.17) is 0 Å². The van der Waals surface area contributed by atoms with Crippen molar-refractivity contribution in [1.29, 1.82) is 0 Å². The number of carbonyl (C=O) groups excluding carboxylic acids is 1. The molecule has 4 rings (SSSR count). The van der Waals surface area contributed by atoms with Crippen molar-refractivity contribution in [2.75, 3.05) is 19.3 Å². The molecule has 7 heteroatoms. The number of piperidine rings is 1. The van der Waals surface area contributed by atoms with Crippen LogP contribution in [0.2, 0.25) is 0 Å². The molecule has 0 unspecified atom stereocenters. The lowest BCUT2D eigenvalue weighted by atomic mass is 9.96. The fourth-order valence-electron chi connectivity index (χ4n) is 3.50. The van der Waals surface area contributed by atoms with Gasteiger partial charge in [0.15, 0.2) is 5.16 Å². The van der Waals surface area contributed by atoms with E-state index in [2.05, 4.69) is 25.7 Å². The molecule has 2 aromatic rings. The summed E-state index contributed by atoms with van der Waals surface area (Å²) < 4.78 is 2.30. The maximum absolute atomic E-state index is 12.8. The molecule has 2 fully saturated rings. The number of amides is 1. The van der Waals surface area contributed by atoms with Crippen molar-refractivity contribution < 1.29 is 4.79 Å². The fourth-order valence-corrected chi connectivity index (χ4v) is 3.82. The van der Waals surface area contributed by atoms with Crippen LogP contribution in [0.3, 0.4) is 0 Å². The number of carbonyl (C=O) groups is 1. The molecule has 2 aromatic heterocycles. The van der Waals surface area contributed by atoms with Gasteiger partial charge in [-0.1, -0.05) is 11.8 Å². The van der Waals surface area contributed by atoms with Crippen LogP contribution in [0.4, 0.5) is 0 Å². The summed E-state index contributed by atoms with van der Waals surface area (Å²) in [5.74, 6) is 2.30. The zero-order valence-electron chi connectivity index (χ0n) is 14.5. The monoisotopic (exact) mass is 357 g/mol. The van der Waals surface area contributed by atoms with Gasteiger partial charge in [0.2, 0.25) is 0 Å². The number of hydrogen-bond acceptors (Lipinski definition) is 5. The number of rotatable bonds is 5. The van der Waals surface area contributed by atoms with Crippen molar-refractivity contribution in [1.82, 2.24) is 24.4 Å². The first-order chi connectivity index (χ1) is 12.2. The molecule has 3 heterocycles. The molecule has 1 saturated heterocycles. The Balaban J connectivity index is 1.46. The fraction of sp³-hybridized carbons (Fsp3) is 0.556. The van der Waals surface area contributed by atoms with E-state index in [0.29, 0.717) is 16.6 Å². The lowest BCUT2D eigenvalue weighted by molar-refractivity contribution is 0.0702. The van der Waals surface area contributed by atoms with Crippen LogP contribution >= 0.6 is 11.8 Å². The first-order valence-corrected chi connectivity index (χ1v) is 10.1. The number of imidazole rings is 1. The molecular weight excluding hydrogens is 334 g/mol. The minimum Gasteiger partial charge on any atom is -0.338 e. The van der Waals surface area contributed by atoms with Gasteiger partial charge >= 0.3 is 0 Å². The lowest BCUT2D eigenvalue weighted by Crippen LogP contribution is -2.40. The summed E-state index contributed by atoms with van der Waals surface area (Å²) in [5.41, 5.74) is 0.569. The van der Waals surface area contributed by atoms with Gasteiger partial charge in [-0.2, -0.15) is 0 Å². The summed E-state index contributed by atoms with van der Waals surface area (Å²) >= 11 is 1.48. The van der Waals surface area contributed by atoms with Crippen molar-refractivity contribution in [2.24, 2.45) is 5.92 Å². The highest BCUT2D eigenvalue weighted by Crippen LogP contribution is 2.33. The molecule has 6 nitrogen and oxygen atoms in total. The normalized spacial score (nSPS) is 20.7. The van der Waals surface area contributed by atoms with E-state index < -0.39 is 0 Å². The maximum atomic E-state index is 12.8. The first kappa shape index (κ1) is 16.6. The molecule has 0 spiro atoms. The van der Waals surface area contributed by atoms with Gasteiger partial charge in [-0.25, -0.2) is 15.0 Å². The Labute approximate surface area is 152 Å². The molecule has 0 aromatic carbocycles. The number of likely N-dealkylation sites (tertiary alicyclic amines) is 1. The molecule has 0 bridgehead atoms. The van der Waals surface area contributed by atoms with Gasteiger partial charge in [0, 0.05) is 50.3 Å². The minimum absolute atomic E-state index is 0.0256. The van der Waals surface area contributed by atoms with Gasteiger partial charge in [0.25, 0.3) is 5.91 Å². The Morgan fingerprint density at radius 1 is 1.24 bits per heavy atom. The summed E-state index contributed by atoms with van der Waals surface area (Å²) in [5, 5.41) is 0.690. The lowest BCUT2D eigenvalue weighted by Gasteiger charge is -2.32. The molecule has 1 atom stereocenters. The highest BCUT2D eigenvalue weighted by Gasteiger charge is 2.30. The molecule has 1 aliphatic carbocycles. The number of hydrogen-bond donors (Lipinski definition) is 0. The SMILES string of the molecule is CSc1ncc(C(=O)N2CCC[C@H](c3nccn3CC3CC3)C2)cn1. The second kappa shape index (κ2) is 7.15. The topological polar surface area (TPSA) is 63.9 Å². The number of thioether (sulfide) groups is 1. The van der Waals surface area contributed by atoms with Gasteiger partial charge < -0.3 is 9.47 Å². The van der Waals surface area contributed by atoms with E-state index in [9.17, 15) is 4.79 Å². The summed E-state index contributed by atoms with van der Waals surface area (Å²) in [6.07, 6.45) is 14.0. The zero-order valence-corrected chi connectivity index (χ0v) is 15.3. The van der Waals surface area contributed by atoms with Crippen molar-refractivity contribution in [3.8, 4) is 0 Å². The van der Waals surface area contributed by atoms with Crippen LogP contribution in [0.15, 0.2) is 29.9 Å². The second-order valence-corrected chi connectivity index (χ2v) is 7.70. The highest BCUT2D eigenvalue weighted by atomic mass is 32.2. The van der Waals surface area contributed by atoms with Crippen LogP contribution in [-0.4, -0.2) is 49.7 Å². The van der Waals surface area contributed by atoms with Gasteiger partial charge in [-0.3, -0.25) is 4.79 Å². The average Bonchev–Trinajstić information content (AvgIpc) is 3.36. The predicted octanol–water partition coefficient (Wildman–Crippen LogP) is 2.82. The van der Waals surface area contributed by atoms with E-state index in [1.54, 1.807) is 12.4 Å². The average molecular weight is 357 g/mol. The number of nitrogens with zero attached hydrogens (tertiary/aromatic N) is 5. The molecule has 0 radical (unpaired) electrons. The van der Waals surface area contributed by atoms with Gasteiger partial charge in [0.1, 0.15) is 5.82 Å². The molecule has 132 valence electrons. The van der Waals surface area contributed by atoms with E-state index in [0.717, 1.165) is 44.2 Å². The first-order valence-electron chi connectivity index (χ1n) is 8.91. The third-order valence-corrected chi connectivity index (χ3v) is 5.61. The molecule has 0 N–H and O–H groups in total. The summed E-state index contributed by atoms with van der Waals surface area (Å²) in [6, 6.07) is 0. The van der Waals surface area contributed by atoms with Crippen LogP contribution in [0.25, 0.3) is 0 Å². The summed E-state index contributed by atoms with van der Waals surface area (Å²) in [6.45, 7) is 2.59. The smallest absolute Gasteiger partial charge is 0.257 e. The molecule has 1 saturated carbocycles. The van der Waals surface area contributed by atoms with Crippen molar-refractivity contribution in [3.63, 3.8) is 0 Å². The third-order valence-electron chi connectivity index (χ3n) is 5.03. The largest absolute Gasteiger partial charge is 0.338 e. The van der Waals surface area contributed by atoms with Gasteiger partial charge in [0.05, 0.1) is 5.56 Å². The quantitative estimate of drug-likeness (QED) is 0.608. The zero-order chi connectivity index (χ0) is 17.2. The Kier molecular flexibility index (Phi) is 4.74. The number of aromatic nitrogens is 4. The molecule has 1 aliphatic heterocycles. The molecule has 1 amide bonds. The van der Waals surface area contributed by atoms with Crippen molar-refractivity contribution >= 4 is 17.7 Å². The van der Waals surface area contributed by atoms with E-state index >= 15 is 0 Å². The summed E-state index contributed by atoms with van der Waals surface area (Å²) in [4.78, 5) is 27.8. The van der Waals surface area contributed by atoms with Crippen LogP contribution in [-0.2, 0) is 6.54 Å².